The van der Waals surface area contributed by atoms with Crippen molar-refractivity contribution < 1.29 is 4.79 Å². The van der Waals surface area contributed by atoms with E-state index < -0.39 is 5.91 Å². The van der Waals surface area contributed by atoms with E-state index >= 15 is 0 Å². The second-order valence-electron chi connectivity index (χ2n) is 3.53. The second kappa shape index (κ2) is 4.06. The van der Waals surface area contributed by atoms with Gasteiger partial charge < -0.3 is 11.5 Å². The molecule has 0 aliphatic heterocycles. The van der Waals surface area contributed by atoms with Crippen LogP contribution < -0.4 is 11.5 Å². The molecule has 0 atom stereocenters. The van der Waals surface area contributed by atoms with Crippen LogP contribution in [0, 0.1) is 0 Å². The van der Waals surface area contributed by atoms with E-state index in [0.29, 0.717) is 0 Å². The van der Waals surface area contributed by atoms with Gasteiger partial charge in [0, 0.05) is 17.1 Å². The molecule has 0 bridgehead atoms. The first-order valence-electron chi connectivity index (χ1n) is 4.93. The van der Waals surface area contributed by atoms with Gasteiger partial charge in [-0.05, 0) is 23.1 Å². The zero-order valence-corrected chi connectivity index (χ0v) is 8.68. The molecule has 0 aliphatic rings. The predicted octanol–water partition coefficient (Wildman–Crippen LogP) is 1.92. The van der Waals surface area contributed by atoms with E-state index in [2.05, 4.69) is 0 Å². The smallest absolute Gasteiger partial charge is 0.241 e. The first kappa shape index (κ1) is 10.2. The standard InChI is InChI=1S/C13H12N2O/c14-12-6-2-4-10-9(7-8-13(15)16)3-1-5-11(10)12/h1-8H,14H2,(H2,15,16). The largest absolute Gasteiger partial charge is 0.398 e. The van der Waals surface area contributed by atoms with Crippen molar-refractivity contribution in [3.05, 3.63) is 48.0 Å². The maximum absolute atomic E-state index is 10.7. The minimum absolute atomic E-state index is 0.457. The molecule has 0 radical (unpaired) electrons. The predicted molar refractivity (Wildman–Crippen MR) is 66.6 cm³/mol. The third kappa shape index (κ3) is 1.88. The zero-order valence-electron chi connectivity index (χ0n) is 8.68. The lowest BCUT2D eigenvalue weighted by molar-refractivity contribution is -0.113. The average Bonchev–Trinajstić information content (AvgIpc) is 2.27. The summed E-state index contributed by atoms with van der Waals surface area (Å²) in [7, 11) is 0. The number of anilines is 1. The van der Waals surface area contributed by atoms with Gasteiger partial charge in [0.15, 0.2) is 0 Å². The highest BCUT2D eigenvalue weighted by Gasteiger charge is 2.00. The van der Waals surface area contributed by atoms with Crippen molar-refractivity contribution in [2.75, 3.05) is 5.73 Å². The molecule has 16 heavy (non-hydrogen) atoms. The molecule has 3 heteroatoms. The number of nitrogen functional groups attached to an aromatic ring is 1. The summed E-state index contributed by atoms with van der Waals surface area (Å²) >= 11 is 0. The van der Waals surface area contributed by atoms with E-state index in [1.807, 2.05) is 36.4 Å². The normalized spacial score (nSPS) is 11.0. The molecule has 0 saturated carbocycles. The van der Waals surface area contributed by atoms with Crippen molar-refractivity contribution in [1.29, 1.82) is 0 Å². The van der Waals surface area contributed by atoms with Gasteiger partial charge in [-0.15, -0.1) is 0 Å². The number of primary amides is 1. The third-order valence-electron chi connectivity index (χ3n) is 2.42. The monoisotopic (exact) mass is 212 g/mol. The Bertz CT molecular complexity index is 573. The zero-order chi connectivity index (χ0) is 11.5. The molecular weight excluding hydrogens is 200 g/mol. The van der Waals surface area contributed by atoms with Crippen LogP contribution in [0.4, 0.5) is 5.69 Å². The van der Waals surface area contributed by atoms with Crippen molar-refractivity contribution >= 4 is 28.4 Å². The SMILES string of the molecule is NC(=O)C=Cc1cccc2c(N)cccc12. The van der Waals surface area contributed by atoms with Crippen molar-refractivity contribution in [3.63, 3.8) is 0 Å². The van der Waals surface area contributed by atoms with Crippen LogP contribution in [0.25, 0.3) is 16.8 Å². The number of rotatable bonds is 2. The summed E-state index contributed by atoms with van der Waals surface area (Å²) in [4.78, 5) is 10.7. The fourth-order valence-electron chi connectivity index (χ4n) is 1.68. The highest BCUT2D eigenvalue weighted by molar-refractivity contribution is 6.00. The van der Waals surface area contributed by atoms with E-state index in [0.717, 1.165) is 22.0 Å². The van der Waals surface area contributed by atoms with E-state index in [-0.39, 0.29) is 0 Å². The molecule has 1 amide bonds. The first-order valence-corrected chi connectivity index (χ1v) is 4.93. The number of fused-ring (bicyclic) bond motifs is 1. The van der Waals surface area contributed by atoms with Gasteiger partial charge >= 0.3 is 0 Å². The number of carbonyl (C=O) groups excluding carboxylic acids is 1. The molecular formula is C13H12N2O. The number of carbonyl (C=O) groups is 1. The van der Waals surface area contributed by atoms with Gasteiger partial charge in [0.2, 0.25) is 5.91 Å². The summed E-state index contributed by atoms with van der Waals surface area (Å²) in [5.74, 6) is -0.457. The Balaban J connectivity index is 2.63. The summed E-state index contributed by atoms with van der Waals surface area (Å²) in [6.07, 6.45) is 3.04. The molecule has 3 nitrogen and oxygen atoms in total. The molecule has 2 aromatic carbocycles. The lowest BCUT2D eigenvalue weighted by atomic mass is 10.0. The van der Waals surface area contributed by atoms with Gasteiger partial charge in [-0.2, -0.15) is 0 Å². The van der Waals surface area contributed by atoms with E-state index in [1.54, 1.807) is 6.08 Å². The Labute approximate surface area is 93.4 Å². The molecule has 80 valence electrons. The van der Waals surface area contributed by atoms with Gasteiger partial charge in [-0.25, -0.2) is 0 Å². The maximum Gasteiger partial charge on any atom is 0.241 e. The molecule has 2 aromatic rings. The maximum atomic E-state index is 10.7. The number of nitrogens with two attached hydrogens (primary N) is 2. The van der Waals surface area contributed by atoms with Gasteiger partial charge in [-0.1, -0.05) is 30.3 Å². The van der Waals surface area contributed by atoms with Crippen molar-refractivity contribution in [1.82, 2.24) is 0 Å². The Morgan fingerprint density at radius 1 is 1.06 bits per heavy atom. The molecule has 0 saturated heterocycles. The Kier molecular flexibility index (Phi) is 2.60. The van der Waals surface area contributed by atoms with Crippen molar-refractivity contribution in [3.8, 4) is 0 Å². The fraction of sp³-hybridized carbons (Fsp3) is 0. The molecule has 0 unspecified atom stereocenters. The third-order valence-corrected chi connectivity index (χ3v) is 2.42. The van der Waals surface area contributed by atoms with Crippen LogP contribution >= 0.6 is 0 Å². The minimum Gasteiger partial charge on any atom is -0.398 e. The Morgan fingerprint density at radius 3 is 2.50 bits per heavy atom. The van der Waals surface area contributed by atoms with Crippen molar-refractivity contribution in [2.45, 2.75) is 0 Å². The van der Waals surface area contributed by atoms with E-state index in [9.17, 15) is 4.79 Å². The van der Waals surface area contributed by atoms with E-state index in [1.165, 1.54) is 6.08 Å². The lowest BCUT2D eigenvalue weighted by Crippen LogP contribution is -2.05. The van der Waals surface area contributed by atoms with Crippen LogP contribution in [-0.2, 0) is 4.79 Å². The molecule has 0 aromatic heterocycles. The van der Waals surface area contributed by atoms with Crippen LogP contribution in [0.1, 0.15) is 5.56 Å². The Morgan fingerprint density at radius 2 is 1.75 bits per heavy atom. The van der Waals surface area contributed by atoms with Gasteiger partial charge in [0.1, 0.15) is 0 Å². The quantitative estimate of drug-likeness (QED) is 0.589. The molecule has 2 rings (SSSR count). The van der Waals surface area contributed by atoms with Crippen LogP contribution in [0.3, 0.4) is 0 Å². The topological polar surface area (TPSA) is 69.1 Å². The number of hydrogen-bond donors (Lipinski definition) is 2. The number of amides is 1. The van der Waals surface area contributed by atoms with Gasteiger partial charge in [0.25, 0.3) is 0 Å². The van der Waals surface area contributed by atoms with Crippen LogP contribution in [0.15, 0.2) is 42.5 Å². The summed E-state index contributed by atoms with van der Waals surface area (Å²) in [6, 6.07) is 11.5. The number of hydrogen-bond acceptors (Lipinski definition) is 2. The average molecular weight is 212 g/mol. The molecule has 0 spiro atoms. The summed E-state index contributed by atoms with van der Waals surface area (Å²) in [5.41, 5.74) is 12.6. The van der Waals surface area contributed by atoms with Gasteiger partial charge in [0.05, 0.1) is 0 Å². The van der Waals surface area contributed by atoms with Crippen LogP contribution in [-0.4, -0.2) is 5.91 Å². The van der Waals surface area contributed by atoms with E-state index in [4.69, 9.17) is 11.5 Å². The first-order chi connectivity index (χ1) is 7.68. The summed E-state index contributed by atoms with van der Waals surface area (Å²) in [5, 5.41) is 1.99. The highest BCUT2D eigenvalue weighted by Crippen LogP contribution is 2.24. The highest BCUT2D eigenvalue weighted by atomic mass is 16.1. The Hall–Kier alpha value is -2.29. The number of benzene rings is 2. The molecule has 0 fully saturated rings. The lowest BCUT2D eigenvalue weighted by Gasteiger charge is -2.04. The second-order valence-corrected chi connectivity index (χ2v) is 3.53. The van der Waals surface area contributed by atoms with Crippen molar-refractivity contribution in [2.24, 2.45) is 5.73 Å². The fourth-order valence-corrected chi connectivity index (χ4v) is 1.68. The molecule has 0 heterocycles. The molecule has 0 aliphatic carbocycles. The minimum atomic E-state index is -0.457. The summed E-state index contributed by atoms with van der Waals surface area (Å²) in [6.45, 7) is 0. The van der Waals surface area contributed by atoms with Crippen LogP contribution in [0.5, 0.6) is 0 Å². The van der Waals surface area contributed by atoms with Gasteiger partial charge in [-0.3, -0.25) is 4.79 Å². The molecule has 4 N–H and O–H groups in total. The van der Waals surface area contributed by atoms with Crippen LogP contribution in [0.2, 0.25) is 0 Å². The summed E-state index contributed by atoms with van der Waals surface area (Å²) < 4.78 is 0.